The van der Waals surface area contributed by atoms with Gasteiger partial charge in [-0.05, 0) is 109 Å². The largest absolute Gasteiger partial charge is 0.367 e. The van der Waals surface area contributed by atoms with Gasteiger partial charge in [0.15, 0.2) is 0 Å². The van der Waals surface area contributed by atoms with Crippen molar-refractivity contribution in [2.75, 3.05) is 11.9 Å². The summed E-state index contributed by atoms with van der Waals surface area (Å²) in [5.41, 5.74) is 16.3. The Morgan fingerprint density at radius 2 is 1.32 bits per heavy atom. The van der Waals surface area contributed by atoms with Crippen LogP contribution in [0.1, 0.15) is 34.9 Å². The van der Waals surface area contributed by atoms with Crippen molar-refractivity contribution < 1.29 is 0 Å². The molecule has 0 saturated carbocycles. The number of aryl methyl sites for hydroxylation is 2. The molecule has 252 valence electrons. The van der Waals surface area contributed by atoms with E-state index >= 15 is 0 Å². The second kappa shape index (κ2) is 11.3. The number of anilines is 1. The van der Waals surface area contributed by atoms with Crippen LogP contribution in [-0.4, -0.2) is 37.7 Å². The summed E-state index contributed by atoms with van der Waals surface area (Å²) < 4.78 is 11.6. The zero-order valence-electron chi connectivity index (χ0n) is 29.5. The van der Waals surface area contributed by atoms with Gasteiger partial charge in [0, 0.05) is 56.9 Å². The molecule has 53 heavy (non-hydrogen) atoms. The summed E-state index contributed by atoms with van der Waals surface area (Å²) in [5, 5.41) is 8.38. The van der Waals surface area contributed by atoms with Crippen LogP contribution < -0.4 is 9.98 Å². The first-order chi connectivity index (χ1) is 26.1. The van der Waals surface area contributed by atoms with E-state index in [1.807, 2.05) is 24.7 Å². The lowest BCUT2D eigenvalue weighted by Crippen LogP contribution is -2.08. The van der Waals surface area contributed by atoms with Gasteiger partial charge >= 0.3 is 12.4 Å². The molecule has 0 spiro atoms. The fraction of sp³-hybridized carbons (Fsp3) is 0.0851. The first kappa shape index (κ1) is 29.8. The Bertz CT molecular complexity index is 3070. The zero-order valence-corrected chi connectivity index (χ0v) is 29.5. The van der Waals surface area contributed by atoms with Gasteiger partial charge in [-0.25, -0.2) is 4.98 Å². The average Bonchev–Trinajstić information content (AvgIpc) is 3.97. The van der Waals surface area contributed by atoms with Crippen LogP contribution in [0.3, 0.4) is 0 Å². The number of rotatable bonds is 5. The predicted molar refractivity (Wildman–Crippen MR) is 222 cm³/mol. The Balaban J connectivity index is 1.06. The molecule has 2 aliphatic heterocycles. The molecule has 0 saturated heterocycles. The fourth-order valence-electron chi connectivity index (χ4n) is 8.49. The summed E-state index contributed by atoms with van der Waals surface area (Å²) in [4.78, 5) is 4.95. The van der Waals surface area contributed by atoms with E-state index in [1.54, 1.807) is 0 Å². The monoisotopic (exact) mass is 683 g/mol. The smallest absolute Gasteiger partial charge is 0.317 e. The number of pyridine rings is 1. The normalized spacial score (nSPS) is 13.1. The van der Waals surface area contributed by atoms with Crippen LogP contribution >= 0.6 is 0 Å². The third-order valence-corrected chi connectivity index (χ3v) is 11.1. The third kappa shape index (κ3) is 4.40. The highest BCUT2D eigenvalue weighted by molar-refractivity contribution is 6.13. The van der Waals surface area contributed by atoms with E-state index in [0.717, 1.165) is 63.7 Å². The van der Waals surface area contributed by atoms with Crippen molar-refractivity contribution in [2.24, 2.45) is 0 Å². The van der Waals surface area contributed by atoms with Crippen LogP contribution in [0.25, 0.3) is 78.0 Å². The standard InChI is InChI=1S/C47H35N6/c1-3-30-10-16-33(17-11-30)51-42-21-18-35(26-40(42)41-27-48-28-45(41)51)53-44-20-13-32(25-39(44)37-7-5-23-50-47(37)53)31-12-19-43-38(24-31)36-6-4-22-49-46(36)52(43)34-14-8-29(2)9-15-34/h4-21,23-28,49H,3,22H2,1-2H3/q+1. The minimum Gasteiger partial charge on any atom is -0.367 e. The Kier molecular flexibility index (Phi) is 6.36. The predicted octanol–water partition coefficient (Wildman–Crippen LogP) is 9.96. The molecule has 4 aromatic heterocycles. The van der Waals surface area contributed by atoms with Crippen LogP contribution in [0, 0.1) is 6.92 Å². The van der Waals surface area contributed by atoms with Crippen LogP contribution in [0.4, 0.5) is 5.82 Å². The third-order valence-electron chi connectivity index (χ3n) is 11.1. The molecule has 0 radical (unpaired) electrons. The van der Waals surface area contributed by atoms with Gasteiger partial charge in [-0.1, -0.05) is 65.7 Å². The molecule has 11 rings (SSSR count). The topological polar surface area (TPSA) is 53.8 Å². The Morgan fingerprint density at radius 1 is 0.642 bits per heavy atom. The van der Waals surface area contributed by atoms with Gasteiger partial charge in [-0.15, -0.1) is 0 Å². The van der Waals surface area contributed by atoms with Crippen LogP contribution in [0.15, 0.2) is 128 Å². The molecule has 5 aromatic carbocycles. The molecule has 0 aliphatic carbocycles. The average molecular weight is 684 g/mol. The minimum absolute atomic E-state index is 0.816. The van der Waals surface area contributed by atoms with Crippen molar-refractivity contribution >= 4 is 68.1 Å². The summed E-state index contributed by atoms with van der Waals surface area (Å²) in [6.45, 7) is 5.14. The lowest BCUT2D eigenvalue weighted by Gasteiger charge is -2.15. The maximum Gasteiger partial charge on any atom is 0.317 e. The molecule has 6 heterocycles. The van der Waals surface area contributed by atoms with Crippen molar-refractivity contribution in [1.82, 2.24) is 23.4 Å². The van der Waals surface area contributed by atoms with Crippen molar-refractivity contribution in [1.29, 1.82) is 0 Å². The van der Waals surface area contributed by atoms with Gasteiger partial charge in [0.25, 0.3) is 0 Å². The molecule has 0 fully saturated rings. The lowest BCUT2D eigenvalue weighted by atomic mass is 10.00. The summed E-state index contributed by atoms with van der Waals surface area (Å²) in [6, 6.07) is 42.4. The van der Waals surface area contributed by atoms with Crippen molar-refractivity contribution in [3.63, 3.8) is 0 Å². The second-order valence-electron chi connectivity index (χ2n) is 14.2. The van der Waals surface area contributed by atoms with E-state index in [0.29, 0.717) is 0 Å². The maximum atomic E-state index is 4.95. The molecule has 6 nitrogen and oxygen atoms in total. The van der Waals surface area contributed by atoms with E-state index in [1.165, 1.54) is 55.0 Å². The van der Waals surface area contributed by atoms with Gasteiger partial charge < -0.3 is 9.88 Å². The highest BCUT2D eigenvalue weighted by atomic mass is 15.1. The summed E-state index contributed by atoms with van der Waals surface area (Å²) in [7, 11) is 0. The van der Waals surface area contributed by atoms with Gasteiger partial charge in [-0.2, -0.15) is 0 Å². The van der Waals surface area contributed by atoms with E-state index in [9.17, 15) is 0 Å². The van der Waals surface area contributed by atoms with Gasteiger partial charge in [0.1, 0.15) is 17.2 Å². The first-order valence-corrected chi connectivity index (χ1v) is 18.3. The van der Waals surface area contributed by atoms with Crippen LogP contribution in [0.5, 0.6) is 0 Å². The molecule has 0 amide bonds. The highest BCUT2D eigenvalue weighted by Crippen LogP contribution is 2.40. The fourth-order valence-corrected chi connectivity index (χ4v) is 8.49. The summed E-state index contributed by atoms with van der Waals surface area (Å²) in [6.07, 6.45) is 11.3. The van der Waals surface area contributed by atoms with E-state index in [-0.39, 0.29) is 0 Å². The molecular weight excluding hydrogens is 649 g/mol. The van der Waals surface area contributed by atoms with Crippen molar-refractivity contribution in [3.8, 4) is 28.2 Å². The first-order valence-electron chi connectivity index (χ1n) is 18.3. The zero-order chi connectivity index (χ0) is 35.2. The number of fused-ring (bicyclic) bond motifs is 9. The molecule has 2 aliphatic rings. The molecule has 0 atom stereocenters. The maximum absolute atomic E-state index is 4.95. The Morgan fingerprint density at radius 3 is 2.13 bits per heavy atom. The number of benzene rings is 5. The van der Waals surface area contributed by atoms with E-state index < -0.39 is 0 Å². The highest BCUT2D eigenvalue weighted by Gasteiger charge is 2.26. The van der Waals surface area contributed by atoms with Gasteiger partial charge in [0.05, 0.1) is 22.1 Å². The van der Waals surface area contributed by atoms with Crippen LogP contribution in [-0.2, 0) is 6.42 Å². The Hall–Kier alpha value is -6.88. The molecule has 0 bridgehead atoms. The molecular formula is C47H35N6+. The number of nitrogens with zero attached hydrogens (tertiary/aromatic N) is 5. The molecule has 1 N–H and O–H groups in total. The van der Waals surface area contributed by atoms with E-state index in [4.69, 9.17) is 4.98 Å². The molecule has 0 unspecified atom stereocenters. The SMILES string of the molecule is CCc1ccc(-n2c3c(c4cc(-n5c6ccc(-c7ccc8c(c7)c7c(n8-c8ccc(C)cc8)NCC=C7)cc6c6cccnc65)ccc42)C=[N+]=C3)cc1. The summed E-state index contributed by atoms with van der Waals surface area (Å²) >= 11 is 0. The Labute approximate surface area is 306 Å². The lowest BCUT2D eigenvalue weighted by molar-refractivity contribution is 1.09. The molecule has 9 aromatic rings. The van der Waals surface area contributed by atoms with Gasteiger partial charge in [-0.3, -0.25) is 9.13 Å². The minimum atomic E-state index is 0.816. The summed E-state index contributed by atoms with van der Waals surface area (Å²) in [5.74, 6) is 1.14. The van der Waals surface area contributed by atoms with Crippen LogP contribution in [0.2, 0.25) is 0 Å². The number of nitrogens with one attached hydrogen (secondary N) is 1. The number of hydrogen-bond acceptors (Lipinski definition) is 2. The van der Waals surface area contributed by atoms with Gasteiger partial charge in [0.2, 0.25) is 0 Å². The van der Waals surface area contributed by atoms with Crippen molar-refractivity contribution in [3.05, 3.63) is 155 Å². The second-order valence-corrected chi connectivity index (χ2v) is 14.2. The molecule has 6 heteroatoms. The quantitative estimate of drug-likeness (QED) is 0.184. The number of aromatic nitrogens is 4. The van der Waals surface area contributed by atoms with E-state index in [2.05, 4.69) is 159 Å². The number of hydrogen-bond donors (Lipinski definition) is 1. The van der Waals surface area contributed by atoms with Crippen molar-refractivity contribution in [2.45, 2.75) is 20.3 Å².